The fraction of sp³-hybridized carbons (Fsp3) is 0.263. The van der Waals surface area contributed by atoms with E-state index in [-0.39, 0.29) is 18.4 Å². The predicted octanol–water partition coefficient (Wildman–Crippen LogP) is 3.93. The maximum absolute atomic E-state index is 12.7. The maximum atomic E-state index is 12.7. The van der Waals surface area contributed by atoms with Crippen LogP contribution in [0.4, 0.5) is 5.69 Å². The molecule has 130 valence electrons. The molecule has 2 aromatic carbocycles. The standard InChI is InChI=1S/C19H18Cl2N2O2/c1-19(2)14-9-13(20)7-8-16(14)23(18(19)25)11-17(24)22-10-12-5-3-4-6-15(12)21/h3-9H,10-11H2,1-2H3,(H,22,24). The third-order valence-electron chi connectivity index (χ3n) is 4.44. The van der Waals surface area contributed by atoms with Gasteiger partial charge in [-0.15, -0.1) is 0 Å². The van der Waals surface area contributed by atoms with Gasteiger partial charge < -0.3 is 10.2 Å². The van der Waals surface area contributed by atoms with Crippen LogP contribution in [0.3, 0.4) is 0 Å². The summed E-state index contributed by atoms with van der Waals surface area (Å²) in [6, 6.07) is 12.6. The number of carbonyl (C=O) groups excluding carboxylic acids is 2. The summed E-state index contributed by atoms with van der Waals surface area (Å²) in [5.74, 6) is -0.357. The SMILES string of the molecule is CC1(C)C(=O)N(CC(=O)NCc2ccccc2Cl)c2ccc(Cl)cc21. The summed E-state index contributed by atoms with van der Waals surface area (Å²) < 4.78 is 0. The van der Waals surface area contributed by atoms with E-state index in [1.54, 1.807) is 24.3 Å². The Labute approximate surface area is 156 Å². The van der Waals surface area contributed by atoms with Crippen LogP contribution in [0.1, 0.15) is 25.0 Å². The van der Waals surface area contributed by atoms with Gasteiger partial charge in [0, 0.05) is 22.3 Å². The molecule has 4 nitrogen and oxygen atoms in total. The zero-order valence-electron chi connectivity index (χ0n) is 14.0. The molecule has 2 aromatic rings. The number of hydrogen-bond acceptors (Lipinski definition) is 2. The molecule has 3 rings (SSSR count). The van der Waals surface area contributed by atoms with Gasteiger partial charge in [-0.1, -0.05) is 41.4 Å². The Morgan fingerprint density at radius 2 is 1.88 bits per heavy atom. The highest BCUT2D eigenvalue weighted by atomic mass is 35.5. The van der Waals surface area contributed by atoms with E-state index < -0.39 is 5.41 Å². The molecular formula is C19H18Cl2N2O2. The molecule has 25 heavy (non-hydrogen) atoms. The first-order valence-electron chi connectivity index (χ1n) is 7.93. The van der Waals surface area contributed by atoms with Crippen molar-refractivity contribution in [2.75, 3.05) is 11.4 Å². The van der Waals surface area contributed by atoms with Crippen molar-refractivity contribution in [3.63, 3.8) is 0 Å². The van der Waals surface area contributed by atoms with Crippen molar-refractivity contribution in [2.45, 2.75) is 25.8 Å². The third-order valence-corrected chi connectivity index (χ3v) is 5.04. The average Bonchev–Trinajstić information content (AvgIpc) is 2.75. The van der Waals surface area contributed by atoms with Crippen molar-refractivity contribution in [1.29, 1.82) is 0 Å². The van der Waals surface area contributed by atoms with Crippen molar-refractivity contribution in [3.8, 4) is 0 Å². The smallest absolute Gasteiger partial charge is 0.240 e. The highest BCUT2D eigenvalue weighted by Gasteiger charge is 2.44. The number of carbonyl (C=O) groups is 2. The molecule has 1 N–H and O–H groups in total. The number of halogens is 2. The monoisotopic (exact) mass is 376 g/mol. The van der Waals surface area contributed by atoms with Crippen molar-refractivity contribution >= 4 is 40.7 Å². The van der Waals surface area contributed by atoms with Crippen LogP contribution in [-0.4, -0.2) is 18.4 Å². The van der Waals surface area contributed by atoms with E-state index in [2.05, 4.69) is 5.32 Å². The second kappa shape index (κ2) is 6.70. The van der Waals surface area contributed by atoms with Crippen LogP contribution in [0.5, 0.6) is 0 Å². The minimum atomic E-state index is -0.705. The van der Waals surface area contributed by atoms with Gasteiger partial charge >= 0.3 is 0 Å². The molecule has 0 aromatic heterocycles. The second-order valence-electron chi connectivity index (χ2n) is 6.55. The predicted molar refractivity (Wildman–Crippen MR) is 100 cm³/mol. The van der Waals surface area contributed by atoms with E-state index >= 15 is 0 Å². The van der Waals surface area contributed by atoms with Crippen LogP contribution in [0.2, 0.25) is 10.0 Å². The Balaban J connectivity index is 1.74. The molecule has 6 heteroatoms. The fourth-order valence-electron chi connectivity index (χ4n) is 3.00. The van der Waals surface area contributed by atoms with Gasteiger partial charge in [0.05, 0.1) is 5.41 Å². The van der Waals surface area contributed by atoms with Crippen LogP contribution >= 0.6 is 23.2 Å². The Hall–Kier alpha value is -2.04. The molecule has 0 fully saturated rings. The number of fused-ring (bicyclic) bond motifs is 1. The first-order chi connectivity index (χ1) is 11.8. The van der Waals surface area contributed by atoms with Crippen molar-refractivity contribution in [1.82, 2.24) is 5.32 Å². The fourth-order valence-corrected chi connectivity index (χ4v) is 3.37. The zero-order chi connectivity index (χ0) is 18.2. The quantitative estimate of drug-likeness (QED) is 0.878. The number of anilines is 1. The minimum Gasteiger partial charge on any atom is -0.350 e. The lowest BCUT2D eigenvalue weighted by Gasteiger charge is -2.20. The van der Waals surface area contributed by atoms with Gasteiger partial charge in [-0.25, -0.2) is 0 Å². The van der Waals surface area contributed by atoms with Crippen LogP contribution in [0, 0.1) is 0 Å². The topological polar surface area (TPSA) is 49.4 Å². The molecule has 0 radical (unpaired) electrons. The minimum absolute atomic E-state index is 0.0403. The molecule has 1 aliphatic rings. The number of hydrogen-bond donors (Lipinski definition) is 1. The third kappa shape index (κ3) is 3.37. The molecule has 0 saturated heterocycles. The number of nitrogens with zero attached hydrogens (tertiary/aromatic N) is 1. The van der Waals surface area contributed by atoms with Gasteiger partial charge in [0.1, 0.15) is 6.54 Å². The van der Waals surface area contributed by atoms with Crippen LogP contribution in [0.25, 0.3) is 0 Å². The number of nitrogens with one attached hydrogen (secondary N) is 1. The number of benzene rings is 2. The van der Waals surface area contributed by atoms with E-state index in [0.717, 1.165) is 16.8 Å². The second-order valence-corrected chi connectivity index (χ2v) is 7.39. The molecule has 1 heterocycles. The highest BCUT2D eigenvalue weighted by Crippen LogP contribution is 2.42. The van der Waals surface area contributed by atoms with Gasteiger partial charge in [-0.2, -0.15) is 0 Å². The normalized spacial score (nSPS) is 15.2. The lowest BCUT2D eigenvalue weighted by Crippen LogP contribution is -2.42. The number of rotatable bonds is 4. The zero-order valence-corrected chi connectivity index (χ0v) is 15.5. The Morgan fingerprint density at radius 3 is 2.60 bits per heavy atom. The molecule has 0 unspecified atom stereocenters. The van der Waals surface area contributed by atoms with Crippen LogP contribution in [0.15, 0.2) is 42.5 Å². The molecule has 1 aliphatic heterocycles. The molecule has 0 aliphatic carbocycles. The molecule has 0 atom stereocenters. The molecule has 0 bridgehead atoms. The van der Waals surface area contributed by atoms with Crippen molar-refractivity contribution in [3.05, 3.63) is 63.6 Å². The largest absolute Gasteiger partial charge is 0.350 e. The van der Waals surface area contributed by atoms with Crippen molar-refractivity contribution in [2.24, 2.45) is 0 Å². The van der Waals surface area contributed by atoms with Gasteiger partial charge in [-0.05, 0) is 49.2 Å². The molecule has 0 spiro atoms. The Bertz CT molecular complexity index is 849. The number of amides is 2. The lowest BCUT2D eigenvalue weighted by molar-refractivity contribution is -0.125. The summed E-state index contributed by atoms with van der Waals surface area (Å²) in [6.07, 6.45) is 0. The molecule has 0 saturated carbocycles. The summed E-state index contributed by atoms with van der Waals surface area (Å²) in [7, 11) is 0. The Morgan fingerprint density at radius 1 is 1.16 bits per heavy atom. The summed E-state index contributed by atoms with van der Waals surface area (Å²) in [5, 5.41) is 3.99. The van der Waals surface area contributed by atoms with E-state index in [1.807, 2.05) is 32.0 Å². The summed E-state index contributed by atoms with van der Waals surface area (Å²) in [4.78, 5) is 26.6. The van der Waals surface area contributed by atoms with E-state index in [4.69, 9.17) is 23.2 Å². The van der Waals surface area contributed by atoms with Gasteiger partial charge in [0.15, 0.2) is 0 Å². The maximum Gasteiger partial charge on any atom is 0.240 e. The lowest BCUT2D eigenvalue weighted by atomic mass is 9.86. The van der Waals surface area contributed by atoms with Crippen LogP contribution < -0.4 is 10.2 Å². The molecule has 2 amide bonds. The highest BCUT2D eigenvalue weighted by molar-refractivity contribution is 6.31. The van der Waals surface area contributed by atoms with Crippen molar-refractivity contribution < 1.29 is 9.59 Å². The summed E-state index contributed by atoms with van der Waals surface area (Å²) in [5.41, 5.74) is 1.69. The van der Waals surface area contributed by atoms with E-state index in [1.165, 1.54) is 4.90 Å². The first kappa shape index (κ1) is 17.8. The van der Waals surface area contributed by atoms with E-state index in [0.29, 0.717) is 16.6 Å². The van der Waals surface area contributed by atoms with Gasteiger partial charge in [0.2, 0.25) is 11.8 Å². The summed E-state index contributed by atoms with van der Waals surface area (Å²) in [6.45, 7) is 3.96. The Kier molecular flexibility index (Phi) is 4.76. The first-order valence-corrected chi connectivity index (χ1v) is 8.68. The molecular weight excluding hydrogens is 359 g/mol. The van der Waals surface area contributed by atoms with Crippen LogP contribution in [-0.2, 0) is 21.5 Å². The average molecular weight is 377 g/mol. The van der Waals surface area contributed by atoms with Gasteiger partial charge in [0.25, 0.3) is 0 Å². The summed E-state index contributed by atoms with van der Waals surface area (Å²) >= 11 is 12.2. The van der Waals surface area contributed by atoms with E-state index in [9.17, 15) is 9.59 Å². The van der Waals surface area contributed by atoms with Gasteiger partial charge in [-0.3, -0.25) is 9.59 Å².